The van der Waals surface area contributed by atoms with E-state index in [1.807, 2.05) is 7.11 Å². The Morgan fingerprint density at radius 1 is 0.727 bits per heavy atom. The van der Waals surface area contributed by atoms with E-state index in [1.54, 1.807) is 13.8 Å². The number of rotatable bonds is 4. The molecule has 0 N–H and O–H groups in total. The van der Waals surface area contributed by atoms with Crippen LogP contribution in [0.3, 0.4) is 0 Å². The van der Waals surface area contributed by atoms with Gasteiger partial charge in [0.15, 0.2) is 0 Å². The Bertz CT molecular complexity index is 336. The molecule has 0 aromatic carbocycles. The van der Waals surface area contributed by atoms with Crippen molar-refractivity contribution in [3.63, 3.8) is 0 Å². The largest absolute Gasteiger partial charge is 0.378 e. The lowest BCUT2D eigenvalue weighted by atomic mass is 9.86. The number of ether oxygens (including phenoxy) is 2. The first kappa shape index (κ1) is 19.8. The van der Waals surface area contributed by atoms with Crippen LogP contribution in [0.1, 0.15) is 72.6 Å². The molecule has 22 heavy (non-hydrogen) atoms. The van der Waals surface area contributed by atoms with Crippen molar-refractivity contribution in [2.45, 2.75) is 89.8 Å². The molecule has 0 aromatic heterocycles. The lowest BCUT2D eigenvalue weighted by molar-refractivity contribution is -0.197. The van der Waals surface area contributed by atoms with Crippen molar-refractivity contribution in [2.24, 2.45) is 11.8 Å². The van der Waals surface area contributed by atoms with Gasteiger partial charge in [0.1, 0.15) is 5.60 Å². The molecule has 2 saturated carbocycles. The van der Waals surface area contributed by atoms with Gasteiger partial charge in [0, 0.05) is 20.6 Å². The molecule has 2 aliphatic carbocycles. The first-order chi connectivity index (χ1) is 10.2. The Morgan fingerprint density at radius 2 is 1.27 bits per heavy atom. The minimum absolute atomic E-state index is 0.0288. The van der Waals surface area contributed by atoms with Crippen LogP contribution in [-0.2, 0) is 9.47 Å². The standard InChI is InChI=1S/C9H16F2O.C9H18O/c1-7(2)8(12-3)5-4-6-9(8,10)11;1-8(2)9(10-3)6-4-5-7-9/h7H,4-6H2,1-3H3;8H,4-7H2,1-3H3. The van der Waals surface area contributed by atoms with Gasteiger partial charge in [-0.05, 0) is 37.5 Å². The maximum atomic E-state index is 13.4. The summed E-state index contributed by atoms with van der Waals surface area (Å²) < 4.78 is 37.4. The first-order valence-electron chi connectivity index (χ1n) is 8.65. The molecule has 0 spiro atoms. The van der Waals surface area contributed by atoms with Crippen molar-refractivity contribution in [1.82, 2.24) is 0 Å². The summed E-state index contributed by atoms with van der Waals surface area (Å²) in [5.74, 6) is -2.09. The predicted octanol–water partition coefficient (Wildman–Crippen LogP) is 5.45. The maximum Gasteiger partial charge on any atom is 0.276 e. The fourth-order valence-electron chi connectivity index (χ4n) is 4.16. The van der Waals surface area contributed by atoms with Crippen LogP contribution in [0.4, 0.5) is 8.78 Å². The topological polar surface area (TPSA) is 18.5 Å². The van der Waals surface area contributed by atoms with Crippen LogP contribution in [-0.4, -0.2) is 31.3 Å². The van der Waals surface area contributed by atoms with Crippen LogP contribution in [0, 0.1) is 11.8 Å². The summed E-state index contributed by atoms with van der Waals surface area (Å²) in [7, 11) is 3.24. The van der Waals surface area contributed by atoms with Gasteiger partial charge in [-0.25, -0.2) is 8.78 Å². The van der Waals surface area contributed by atoms with Crippen LogP contribution in [0.25, 0.3) is 0 Å². The number of hydrogen-bond acceptors (Lipinski definition) is 2. The molecule has 0 saturated heterocycles. The average molecular weight is 320 g/mol. The van der Waals surface area contributed by atoms with Gasteiger partial charge < -0.3 is 9.47 Å². The second-order valence-electron chi connectivity index (χ2n) is 7.44. The van der Waals surface area contributed by atoms with E-state index in [1.165, 1.54) is 32.8 Å². The number of halogens is 2. The lowest BCUT2D eigenvalue weighted by Crippen LogP contribution is -2.49. The molecule has 0 aromatic rings. The summed E-state index contributed by atoms with van der Waals surface area (Å²) in [5.41, 5.74) is -0.965. The quantitative estimate of drug-likeness (QED) is 0.686. The molecule has 0 amide bonds. The van der Waals surface area contributed by atoms with Crippen LogP contribution in [0.2, 0.25) is 0 Å². The predicted molar refractivity (Wildman–Crippen MR) is 86.4 cm³/mol. The zero-order valence-electron chi connectivity index (χ0n) is 15.2. The third-order valence-corrected chi connectivity index (χ3v) is 5.86. The van der Waals surface area contributed by atoms with Crippen LogP contribution < -0.4 is 0 Å². The van der Waals surface area contributed by atoms with E-state index in [9.17, 15) is 8.78 Å². The van der Waals surface area contributed by atoms with E-state index >= 15 is 0 Å². The lowest BCUT2D eigenvalue weighted by Gasteiger charge is -2.37. The fraction of sp³-hybridized carbons (Fsp3) is 1.00. The second-order valence-corrected chi connectivity index (χ2v) is 7.44. The van der Waals surface area contributed by atoms with Crippen molar-refractivity contribution in [2.75, 3.05) is 14.2 Å². The van der Waals surface area contributed by atoms with E-state index < -0.39 is 11.5 Å². The fourth-order valence-corrected chi connectivity index (χ4v) is 4.16. The van der Waals surface area contributed by atoms with E-state index in [4.69, 9.17) is 9.47 Å². The highest BCUT2D eigenvalue weighted by Gasteiger charge is 2.59. The summed E-state index contributed by atoms with van der Waals surface area (Å²) >= 11 is 0. The molecule has 4 heteroatoms. The molecule has 132 valence electrons. The summed E-state index contributed by atoms with van der Waals surface area (Å²) in [6.07, 6.45) is 6.26. The zero-order chi connectivity index (χ0) is 17.0. The Balaban J connectivity index is 0.000000224. The third kappa shape index (κ3) is 3.64. The Hall–Kier alpha value is -0.220. The highest BCUT2D eigenvalue weighted by molar-refractivity contribution is 5.02. The van der Waals surface area contributed by atoms with Crippen molar-refractivity contribution >= 4 is 0 Å². The van der Waals surface area contributed by atoms with Gasteiger partial charge in [-0.15, -0.1) is 0 Å². The van der Waals surface area contributed by atoms with Crippen molar-refractivity contribution < 1.29 is 18.3 Å². The minimum Gasteiger partial charge on any atom is -0.378 e. The normalized spacial score (nSPS) is 29.7. The Labute approximate surface area is 134 Å². The first-order valence-corrected chi connectivity index (χ1v) is 8.65. The highest BCUT2D eigenvalue weighted by Crippen LogP contribution is 2.49. The van der Waals surface area contributed by atoms with Gasteiger partial charge in [-0.1, -0.05) is 40.5 Å². The number of hydrogen-bond donors (Lipinski definition) is 0. The van der Waals surface area contributed by atoms with Crippen LogP contribution in [0.5, 0.6) is 0 Å². The molecule has 2 aliphatic rings. The molecule has 0 radical (unpaired) electrons. The summed E-state index contributed by atoms with van der Waals surface area (Å²) in [6.45, 7) is 8.11. The van der Waals surface area contributed by atoms with Gasteiger partial charge >= 0.3 is 0 Å². The molecule has 0 aliphatic heterocycles. The number of alkyl halides is 2. The van der Waals surface area contributed by atoms with Gasteiger partial charge in [-0.2, -0.15) is 0 Å². The Morgan fingerprint density at radius 3 is 1.45 bits per heavy atom. The molecule has 2 nitrogen and oxygen atoms in total. The van der Waals surface area contributed by atoms with Crippen LogP contribution >= 0.6 is 0 Å². The highest BCUT2D eigenvalue weighted by atomic mass is 19.3. The second kappa shape index (κ2) is 7.57. The van der Waals surface area contributed by atoms with E-state index in [0.29, 0.717) is 18.8 Å². The van der Waals surface area contributed by atoms with Crippen molar-refractivity contribution in [1.29, 1.82) is 0 Å². The summed E-state index contributed by atoms with van der Waals surface area (Å²) in [6, 6.07) is 0. The molecule has 1 unspecified atom stereocenters. The van der Waals surface area contributed by atoms with Gasteiger partial charge in [-0.3, -0.25) is 0 Å². The van der Waals surface area contributed by atoms with E-state index in [2.05, 4.69) is 13.8 Å². The molecule has 2 rings (SSSR count). The van der Waals surface area contributed by atoms with E-state index in [0.717, 1.165) is 0 Å². The maximum absolute atomic E-state index is 13.4. The summed E-state index contributed by atoms with van der Waals surface area (Å²) in [4.78, 5) is 0. The van der Waals surface area contributed by atoms with Gasteiger partial charge in [0.05, 0.1) is 5.60 Å². The molecule has 0 bridgehead atoms. The minimum atomic E-state index is -2.64. The zero-order valence-corrected chi connectivity index (χ0v) is 15.2. The molecular weight excluding hydrogens is 286 g/mol. The average Bonchev–Trinajstić information content (AvgIpc) is 3.04. The molecule has 1 atom stereocenters. The smallest absolute Gasteiger partial charge is 0.276 e. The van der Waals surface area contributed by atoms with Crippen molar-refractivity contribution in [3.8, 4) is 0 Å². The van der Waals surface area contributed by atoms with Gasteiger partial charge in [0.25, 0.3) is 5.92 Å². The van der Waals surface area contributed by atoms with Gasteiger partial charge in [0.2, 0.25) is 0 Å². The third-order valence-electron chi connectivity index (χ3n) is 5.86. The Kier molecular flexibility index (Phi) is 6.82. The molecule has 0 heterocycles. The monoisotopic (exact) mass is 320 g/mol. The molecular formula is C18H34F2O2. The molecule has 2 fully saturated rings. The van der Waals surface area contributed by atoms with Crippen LogP contribution in [0.15, 0.2) is 0 Å². The SMILES string of the molecule is COC1(C(C)C)CCCC1.COC1(C(C)C)CCCC1(F)F. The van der Waals surface area contributed by atoms with E-state index in [-0.39, 0.29) is 17.9 Å². The number of methoxy groups -OCH3 is 2. The summed E-state index contributed by atoms with van der Waals surface area (Å²) in [5, 5.41) is 0. The van der Waals surface area contributed by atoms with Crippen molar-refractivity contribution in [3.05, 3.63) is 0 Å².